The van der Waals surface area contributed by atoms with Crippen LogP contribution in [-0.4, -0.2) is 28.6 Å². The molecule has 0 aliphatic heterocycles. The van der Waals surface area contributed by atoms with E-state index >= 15 is 0 Å². The van der Waals surface area contributed by atoms with Gasteiger partial charge in [-0.3, -0.25) is 25.0 Å². The monoisotopic (exact) mass is 358 g/mol. The van der Waals surface area contributed by atoms with Crippen LogP contribution in [0.15, 0.2) is 47.6 Å². The van der Waals surface area contributed by atoms with Crippen molar-refractivity contribution in [2.24, 2.45) is 5.10 Å². The lowest BCUT2D eigenvalue weighted by atomic mass is 10.2. The maximum absolute atomic E-state index is 11.9. The Morgan fingerprint density at radius 2 is 1.85 bits per heavy atom. The number of carbonyl (C=O) groups is 1. The molecule has 134 valence electrons. The molecule has 2 aromatic carbocycles. The third-order valence-electron chi connectivity index (χ3n) is 3.20. The molecule has 10 nitrogen and oxygen atoms in total. The molecule has 1 amide bonds. The molecule has 0 spiro atoms. The number of benzene rings is 2. The molecular formula is C16H14N4O6. The second-order valence-electron chi connectivity index (χ2n) is 4.92. The normalized spacial score (nSPS) is 10.5. The van der Waals surface area contributed by atoms with E-state index in [0.29, 0.717) is 12.2 Å². The molecule has 26 heavy (non-hydrogen) atoms. The topological polar surface area (TPSA) is 137 Å². The SMILES string of the molecule is CCOc1ccc(/C=N/NC(=O)c2ccc([N+](=O)[O-])cc2)cc1[N+](=O)[O-]. The number of carbonyl (C=O) groups excluding carboxylic acids is 1. The van der Waals surface area contributed by atoms with Crippen LogP contribution in [0.2, 0.25) is 0 Å². The third kappa shape index (κ3) is 4.60. The van der Waals surface area contributed by atoms with E-state index in [2.05, 4.69) is 10.5 Å². The van der Waals surface area contributed by atoms with Crippen molar-refractivity contribution >= 4 is 23.5 Å². The number of rotatable bonds is 7. The molecule has 2 aromatic rings. The smallest absolute Gasteiger partial charge is 0.311 e. The summed E-state index contributed by atoms with van der Waals surface area (Å²) < 4.78 is 5.18. The lowest BCUT2D eigenvalue weighted by molar-refractivity contribution is -0.385. The minimum absolute atomic E-state index is 0.133. The van der Waals surface area contributed by atoms with Gasteiger partial charge in [-0.2, -0.15) is 5.10 Å². The Labute approximate surface area is 147 Å². The van der Waals surface area contributed by atoms with Gasteiger partial charge in [-0.25, -0.2) is 5.43 Å². The largest absolute Gasteiger partial charge is 0.487 e. The van der Waals surface area contributed by atoms with Gasteiger partial charge in [-0.15, -0.1) is 0 Å². The molecule has 10 heteroatoms. The second kappa shape index (κ2) is 8.33. The Morgan fingerprint density at radius 1 is 1.15 bits per heavy atom. The highest BCUT2D eigenvalue weighted by Gasteiger charge is 2.15. The average molecular weight is 358 g/mol. The van der Waals surface area contributed by atoms with Crippen LogP contribution in [0.3, 0.4) is 0 Å². The van der Waals surface area contributed by atoms with Crippen LogP contribution in [0, 0.1) is 20.2 Å². The lowest BCUT2D eigenvalue weighted by Gasteiger charge is -2.04. The van der Waals surface area contributed by atoms with E-state index in [1.54, 1.807) is 13.0 Å². The van der Waals surface area contributed by atoms with Crippen molar-refractivity contribution in [3.05, 3.63) is 73.8 Å². The number of non-ortho nitro benzene ring substituents is 1. The van der Waals surface area contributed by atoms with E-state index < -0.39 is 15.8 Å². The van der Waals surface area contributed by atoms with Gasteiger partial charge in [0.25, 0.3) is 11.6 Å². The maximum atomic E-state index is 11.9. The maximum Gasteiger partial charge on any atom is 0.311 e. The van der Waals surface area contributed by atoms with Gasteiger partial charge in [0, 0.05) is 29.3 Å². The summed E-state index contributed by atoms with van der Waals surface area (Å²) in [7, 11) is 0. The van der Waals surface area contributed by atoms with Crippen molar-refractivity contribution in [1.29, 1.82) is 0 Å². The zero-order valence-electron chi connectivity index (χ0n) is 13.6. The summed E-state index contributed by atoms with van der Waals surface area (Å²) in [5, 5.41) is 25.4. The van der Waals surface area contributed by atoms with Gasteiger partial charge in [0.2, 0.25) is 0 Å². The fourth-order valence-electron chi connectivity index (χ4n) is 2.00. The first kappa shape index (κ1) is 18.5. The Kier molecular flexibility index (Phi) is 5.93. The second-order valence-corrected chi connectivity index (χ2v) is 4.92. The summed E-state index contributed by atoms with van der Waals surface area (Å²) in [6.07, 6.45) is 1.24. The molecule has 1 N–H and O–H groups in total. The predicted molar refractivity (Wildman–Crippen MR) is 92.4 cm³/mol. The number of hydrazone groups is 1. The van der Waals surface area contributed by atoms with E-state index in [1.807, 2.05) is 0 Å². The van der Waals surface area contributed by atoms with Gasteiger partial charge in [0.1, 0.15) is 0 Å². The zero-order valence-corrected chi connectivity index (χ0v) is 13.6. The highest BCUT2D eigenvalue weighted by Crippen LogP contribution is 2.27. The summed E-state index contributed by atoms with van der Waals surface area (Å²) in [4.78, 5) is 32.4. The van der Waals surface area contributed by atoms with Crippen molar-refractivity contribution in [1.82, 2.24) is 5.43 Å². The number of ether oxygens (including phenoxy) is 1. The standard InChI is InChI=1S/C16H14N4O6/c1-2-26-15-8-3-11(9-14(15)20(24)25)10-17-18-16(21)12-4-6-13(7-5-12)19(22)23/h3-10H,2H2,1H3,(H,18,21)/b17-10+. The average Bonchev–Trinajstić information content (AvgIpc) is 2.62. The molecule has 0 aliphatic rings. The number of amides is 1. The first-order valence-electron chi connectivity index (χ1n) is 7.41. The molecule has 0 fully saturated rings. The van der Waals surface area contributed by atoms with Crippen molar-refractivity contribution < 1.29 is 19.4 Å². The lowest BCUT2D eigenvalue weighted by Crippen LogP contribution is -2.17. The van der Waals surface area contributed by atoms with Crippen LogP contribution in [0.25, 0.3) is 0 Å². The van der Waals surface area contributed by atoms with Crippen molar-refractivity contribution in [3.63, 3.8) is 0 Å². The number of nitrogens with zero attached hydrogens (tertiary/aromatic N) is 3. The molecule has 0 saturated carbocycles. The van der Waals surface area contributed by atoms with Gasteiger partial charge in [-0.1, -0.05) is 0 Å². The van der Waals surface area contributed by atoms with Crippen molar-refractivity contribution in [3.8, 4) is 5.75 Å². The number of nitro benzene ring substituents is 2. The van der Waals surface area contributed by atoms with E-state index in [0.717, 1.165) is 0 Å². The zero-order chi connectivity index (χ0) is 19.1. The molecule has 0 aliphatic carbocycles. The fraction of sp³-hybridized carbons (Fsp3) is 0.125. The van der Waals surface area contributed by atoms with Gasteiger partial charge in [-0.05, 0) is 31.2 Å². The van der Waals surface area contributed by atoms with E-state index in [-0.39, 0.29) is 22.7 Å². The molecule has 0 unspecified atom stereocenters. The van der Waals surface area contributed by atoms with Crippen LogP contribution < -0.4 is 10.2 Å². The van der Waals surface area contributed by atoms with Crippen molar-refractivity contribution in [2.45, 2.75) is 6.92 Å². The van der Waals surface area contributed by atoms with E-state index in [9.17, 15) is 25.0 Å². The van der Waals surface area contributed by atoms with Crippen LogP contribution >= 0.6 is 0 Å². The molecule has 0 heterocycles. The summed E-state index contributed by atoms with van der Waals surface area (Å²) >= 11 is 0. The summed E-state index contributed by atoms with van der Waals surface area (Å²) in [6.45, 7) is 2.01. The minimum Gasteiger partial charge on any atom is -0.487 e. The molecule has 0 radical (unpaired) electrons. The van der Waals surface area contributed by atoms with Crippen LogP contribution in [0.4, 0.5) is 11.4 Å². The first-order valence-corrected chi connectivity index (χ1v) is 7.41. The van der Waals surface area contributed by atoms with E-state index in [1.165, 1.54) is 42.6 Å². The number of nitro groups is 2. The molecule has 0 saturated heterocycles. The quantitative estimate of drug-likeness (QED) is 0.459. The van der Waals surface area contributed by atoms with Gasteiger partial charge >= 0.3 is 5.69 Å². The Hall–Kier alpha value is -3.82. The first-order chi connectivity index (χ1) is 12.4. The highest BCUT2D eigenvalue weighted by atomic mass is 16.6. The van der Waals surface area contributed by atoms with Gasteiger partial charge in [0.05, 0.1) is 22.7 Å². The number of hydrogen-bond donors (Lipinski definition) is 1. The molecule has 0 aromatic heterocycles. The fourth-order valence-corrected chi connectivity index (χ4v) is 2.00. The van der Waals surface area contributed by atoms with E-state index in [4.69, 9.17) is 4.74 Å². The number of nitrogens with one attached hydrogen (secondary N) is 1. The Morgan fingerprint density at radius 3 is 2.42 bits per heavy atom. The predicted octanol–water partition coefficient (Wildman–Crippen LogP) is 2.67. The summed E-state index contributed by atoms with van der Waals surface area (Å²) in [5.74, 6) is -0.429. The van der Waals surface area contributed by atoms with Gasteiger partial charge < -0.3 is 4.74 Å². The van der Waals surface area contributed by atoms with Crippen LogP contribution in [0.5, 0.6) is 5.75 Å². The Bertz CT molecular complexity index is 864. The Balaban J connectivity index is 2.07. The number of hydrogen-bond acceptors (Lipinski definition) is 7. The van der Waals surface area contributed by atoms with Crippen LogP contribution in [-0.2, 0) is 0 Å². The molecule has 2 rings (SSSR count). The van der Waals surface area contributed by atoms with Gasteiger partial charge in [0.15, 0.2) is 5.75 Å². The molecule has 0 bridgehead atoms. The molecular weight excluding hydrogens is 344 g/mol. The summed E-state index contributed by atoms with van der Waals surface area (Å²) in [6, 6.07) is 9.27. The summed E-state index contributed by atoms with van der Waals surface area (Å²) in [5.41, 5.74) is 2.48. The van der Waals surface area contributed by atoms with Crippen LogP contribution in [0.1, 0.15) is 22.8 Å². The van der Waals surface area contributed by atoms with Crippen molar-refractivity contribution in [2.75, 3.05) is 6.61 Å². The minimum atomic E-state index is -0.573. The third-order valence-corrected chi connectivity index (χ3v) is 3.20. The molecule has 0 atom stereocenters. The highest BCUT2D eigenvalue weighted by molar-refractivity contribution is 5.95.